The molecule has 0 spiro atoms. The van der Waals surface area contributed by atoms with Gasteiger partial charge in [-0.05, 0) is 44.9 Å². The number of carbonyl (C=O) groups excluding carboxylic acids is 2. The van der Waals surface area contributed by atoms with Gasteiger partial charge in [-0.3, -0.25) is 0 Å². The molecular formula is C20H29BrMgO4. The summed E-state index contributed by atoms with van der Waals surface area (Å²) in [4.78, 5) is 21.9. The van der Waals surface area contributed by atoms with Crippen LogP contribution in [0.4, 0.5) is 0 Å². The Morgan fingerprint density at radius 1 is 1.12 bits per heavy atom. The normalized spacial score (nSPS) is 14.0. The van der Waals surface area contributed by atoms with Crippen molar-refractivity contribution < 1.29 is 36.0 Å². The molecular weight excluding hydrogens is 408 g/mol. The molecule has 0 aliphatic heterocycles. The van der Waals surface area contributed by atoms with Gasteiger partial charge in [-0.15, -0.1) is 6.58 Å². The van der Waals surface area contributed by atoms with E-state index in [1.807, 2.05) is 12.2 Å². The van der Waals surface area contributed by atoms with Crippen LogP contribution in [0.15, 0.2) is 48.1 Å². The van der Waals surface area contributed by atoms with Crippen molar-refractivity contribution in [1.82, 2.24) is 0 Å². The second kappa shape index (κ2) is 18.8. The zero-order chi connectivity index (χ0) is 18.4. The number of carbonyl (C=O) groups is 2. The average Bonchev–Trinajstić information content (AvgIpc) is 3.27. The summed E-state index contributed by atoms with van der Waals surface area (Å²) in [6.07, 6.45) is 12.1. The van der Waals surface area contributed by atoms with Crippen molar-refractivity contribution in [2.24, 2.45) is 0 Å². The van der Waals surface area contributed by atoms with Gasteiger partial charge in [0.25, 0.3) is 0 Å². The quantitative estimate of drug-likeness (QED) is 0.286. The van der Waals surface area contributed by atoms with Gasteiger partial charge in [-0.25, -0.2) is 29.2 Å². The van der Waals surface area contributed by atoms with Crippen LogP contribution in [0.3, 0.4) is 0 Å². The summed E-state index contributed by atoms with van der Waals surface area (Å²) in [6, 6.07) is 0. The summed E-state index contributed by atoms with van der Waals surface area (Å²) in [5.41, 5.74) is 2.92. The Kier molecular flexibility index (Phi) is 21.5. The molecule has 0 saturated carbocycles. The molecule has 142 valence electrons. The molecule has 0 radical (unpaired) electrons. The summed E-state index contributed by atoms with van der Waals surface area (Å²) < 4.78 is 9.21. The number of hydrogen-bond acceptors (Lipinski definition) is 4. The van der Waals surface area contributed by atoms with Gasteiger partial charge >= 0.3 is 35.0 Å². The Morgan fingerprint density at radius 3 is 2.12 bits per heavy atom. The Bertz CT molecular complexity index is 510. The molecule has 0 aromatic rings. The number of methoxy groups -OCH3 is 2. The van der Waals surface area contributed by atoms with E-state index < -0.39 is 0 Å². The molecule has 4 nitrogen and oxygen atoms in total. The van der Waals surface area contributed by atoms with E-state index in [-0.39, 0.29) is 52.0 Å². The van der Waals surface area contributed by atoms with E-state index in [0.717, 1.165) is 56.1 Å². The summed E-state index contributed by atoms with van der Waals surface area (Å²) in [7, 11) is 2.85. The fraction of sp³-hybridized carbons (Fsp3) is 0.450. The molecule has 0 aromatic heterocycles. The number of halogens is 1. The van der Waals surface area contributed by atoms with Crippen LogP contribution in [-0.2, 0) is 19.1 Å². The maximum Gasteiger partial charge on any atom is 2.00 e. The van der Waals surface area contributed by atoms with Crippen LogP contribution < -0.4 is 17.0 Å². The second-order valence-electron chi connectivity index (χ2n) is 5.32. The minimum atomic E-state index is -0.163. The van der Waals surface area contributed by atoms with Gasteiger partial charge < -0.3 is 26.5 Å². The van der Waals surface area contributed by atoms with E-state index in [1.165, 1.54) is 25.9 Å². The van der Waals surface area contributed by atoms with Gasteiger partial charge in [-0.2, -0.15) is 0 Å². The molecule has 26 heavy (non-hydrogen) atoms. The van der Waals surface area contributed by atoms with Gasteiger partial charge in [0.05, 0.1) is 14.2 Å². The molecule has 0 N–H and O–H groups in total. The van der Waals surface area contributed by atoms with Crippen molar-refractivity contribution in [2.75, 3.05) is 14.2 Å². The largest absolute Gasteiger partial charge is 2.00 e. The Balaban J connectivity index is -0.000000339. The number of hydrogen-bond donors (Lipinski definition) is 0. The van der Waals surface area contributed by atoms with Crippen molar-refractivity contribution >= 4 is 35.0 Å². The Morgan fingerprint density at radius 2 is 1.69 bits per heavy atom. The zero-order valence-electron chi connectivity index (χ0n) is 16.0. The molecule has 0 atom stereocenters. The molecule has 0 unspecified atom stereocenters. The Hall–Kier alpha value is -0.984. The fourth-order valence-electron chi connectivity index (χ4n) is 2.56. The van der Waals surface area contributed by atoms with E-state index >= 15 is 0 Å². The van der Waals surface area contributed by atoms with E-state index in [9.17, 15) is 9.59 Å². The van der Waals surface area contributed by atoms with Crippen molar-refractivity contribution in [3.05, 3.63) is 55.0 Å². The third kappa shape index (κ3) is 11.6. The summed E-state index contributed by atoms with van der Waals surface area (Å²) in [6.45, 7) is 10.2. The standard InChI is InChI=1S/C10H14O2.C7H10O2.C3H5.BrH.Mg/c1-3-5-8-6-4-7-9(8)10(11)12-2;1-9-7(8)6-4-2-3-5-6;1-3-2;;/h3H,1,4-7H2,2H3;4H,2-3,5H2,1H3;3H,1-2H2;1H;/q;;-1;;+2/p-1. The first-order valence-corrected chi connectivity index (χ1v) is 8.13. The first kappa shape index (κ1) is 29.8. The minimum Gasteiger partial charge on any atom is -1.00 e. The third-order valence-corrected chi connectivity index (χ3v) is 3.64. The smallest absolute Gasteiger partial charge is 1.00 e. The van der Waals surface area contributed by atoms with Gasteiger partial charge in [0.15, 0.2) is 0 Å². The molecule has 0 aromatic carbocycles. The fourth-order valence-corrected chi connectivity index (χ4v) is 2.56. The summed E-state index contributed by atoms with van der Waals surface area (Å²) in [5, 5.41) is 0. The van der Waals surface area contributed by atoms with E-state index in [0.29, 0.717) is 0 Å². The molecule has 2 aliphatic rings. The van der Waals surface area contributed by atoms with Crippen molar-refractivity contribution in [1.29, 1.82) is 0 Å². The van der Waals surface area contributed by atoms with E-state index in [4.69, 9.17) is 0 Å². The molecule has 0 bridgehead atoms. The average molecular weight is 438 g/mol. The maximum atomic E-state index is 11.2. The predicted molar refractivity (Wildman–Crippen MR) is 103 cm³/mol. The first-order valence-electron chi connectivity index (χ1n) is 8.13. The van der Waals surface area contributed by atoms with E-state index in [2.05, 4.69) is 29.6 Å². The van der Waals surface area contributed by atoms with Gasteiger partial charge in [0.2, 0.25) is 0 Å². The number of rotatable bonds is 4. The molecule has 2 aliphatic carbocycles. The summed E-state index contributed by atoms with van der Waals surface area (Å²) in [5.74, 6) is -0.322. The van der Waals surface area contributed by atoms with Gasteiger partial charge in [-0.1, -0.05) is 17.7 Å². The number of allylic oxidation sites excluding steroid dienone is 4. The first-order chi connectivity index (χ1) is 11.5. The van der Waals surface area contributed by atoms with E-state index in [1.54, 1.807) is 0 Å². The van der Waals surface area contributed by atoms with Crippen LogP contribution in [-0.4, -0.2) is 49.2 Å². The molecule has 2 rings (SSSR count). The predicted octanol–water partition coefficient (Wildman–Crippen LogP) is 1.12. The summed E-state index contributed by atoms with van der Waals surface area (Å²) >= 11 is 0. The SMILES string of the molecule is C=CCC1=C(C(=O)OC)CCC1.C=C[CH2-].COC(=O)C1=CCCC1.[Br-].[Mg+2]. The number of ether oxygens (including phenoxy) is 2. The molecule has 0 heterocycles. The number of esters is 2. The van der Waals surface area contributed by atoms with Crippen LogP contribution in [0.25, 0.3) is 0 Å². The maximum absolute atomic E-state index is 11.2. The topological polar surface area (TPSA) is 52.6 Å². The van der Waals surface area contributed by atoms with Crippen molar-refractivity contribution in [3.63, 3.8) is 0 Å². The van der Waals surface area contributed by atoms with Crippen LogP contribution in [0.5, 0.6) is 0 Å². The molecule has 0 fully saturated rings. The van der Waals surface area contributed by atoms with Crippen molar-refractivity contribution in [2.45, 2.75) is 44.9 Å². The van der Waals surface area contributed by atoms with Crippen LogP contribution in [0, 0.1) is 6.92 Å². The molecule has 0 saturated heterocycles. The second-order valence-corrected chi connectivity index (χ2v) is 5.32. The van der Waals surface area contributed by atoms with Crippen LogP contribution >= 0.6 is 0 Å². The minimum absolute atomic E-state index is 0. The van der Waals surface area contributed by atoms with Crippen LogP contribution in [0.1, 0.15) is 44.9 Å². The Labute approximate surface area is 184 Å². The van der Waals surface area contributed by atoms with Crippen LogP contribution in [0.2, 0.25) is 0 Å². The third-order valence-electron chi connectivity index (χ3n) is 3.64. The van der Waals surface area contributed by atoms with Gasteiger partial charge in [0, 0.05) is 11.1 Å². The monoisotopic (exact) mass is 436 g/mol. The molecule has 6 heteroatoms. The van der Waals surface area contributed by atoms with Gasteiger partial charge in [0.1, 0.15) is 0 Å². The molecule has 0 amide bonds. The zero-order valence-corrected chi connectivity index (χ0v) is 19.0. The van der Waals surface area contributed by atoms with Crippen molar-refractivity contribution in [3.8, 4) is 0 Å².